The van der Waals surface area contributed by atoms with Gasteiger partial charge in [0.1, 0.15) is 5.75 Å². The molecule has 0 unspecified atom stereocenters. The van der Waals surface area contributed by atoms with Gasteiger partial charge in [0.25, 0.3) is 0 Å². The van der Waals surface area contributed by atoms with Gasteiger partial charge in [-0.15, -0.1) is 0 Å². The number of halogens is 1. The summed E-state index contributed by atoms with van der Waals surface area (Å²) in [6.07, 6.45) is 2.43. The number of hydrogen-bond acceptors (Lipinski definition) is 2. The lowest BCUT2D eigenvalue weighted by Crippen LogP contribution is -2.03. The van der Waals surface area contributed by atoms with Gasteiger partial charge >= 0.3 is 0 Å². The minimum Gasteiger partial charge on any atom is -0.495 e. The minimum absolute atomic E-state index is 0.649. The van der Waals surface area contributed by atoms with Gasteiger partial charge in [-0.3, -0.25) is 0 Å². The summed E-state index contributed by atoms with van der Waals surface area (Å²) in [6, 6.07) is 5.77. The van der Waals surface area contributed by atoms with E-state index >= 15 is 0 Å². The minimum atomic E-state index is 0.649. The van der Waals surface area contributed by atoms with Crippen LogP contribution in [0.4, 0.5) is 5.69 Å². The zero-order chi connectivity index (χ0) is 12.0. The topological polar surface area (TPSA) is 21.3 Å². The van der Waals surface area contributed by atoms with Crippen LogP contribution in [0.3, 0.4) is 0 Å². The Morgan fingerprint density at radius 3 is 2.69 bits per heavy atom. The maximum absolute atomic E-state index is 6.03. The molecule has 1 N–H and O–H groups in total. The summed E-state index contributed by atoms with van der Waals surface area (Å²) >= 11 is 6.03. The number of anilines is 1. The molecule has 0 amide bonds. The fourth-order valence-electron chi connectivity index (χ4n) is 1.52. The van der Waals surface area contributed by atoms with E-state index < -0.39 is 0 Å². The van der Waals surface area contributed by atoms with Gasteiger partial charge in [-0.25, -0.2) is 0 Å². The second-order valence-corrected chi connectivity index (χ2v) is 4.72. The summed E-state index contributed by atoms with van der Waals surface area (Å²) in [5, 5.41) is 4.00. The van der Waals surface area contributed by atoms with Crippen LogP contribution in [0, 0.1) is 5.92 Å². The maximum atomic E-state index is 6.03. The zero-order valence-corrected chi connectivity index (χ0v) is 11.0. The van der Waals surface area contributed by atoms with Gasteiger partial charge in [0.2, 0.25) is 0 Å². The number of ether oxygens (including phenoxy) is 1. The Balaban J connectivity index is 2.40. The Morgan fingerprint density at radius 1 is 1.38 bits per heavy atom. The van der Waals surface area contributed by atoms with Crippen LogP contribution >= 0.6 is 11.6 Å². The van der Waals surface area contributed by atoms with E-state index in [1.807, 2.05) is 18.2 Å². The van der Waals surface area contributed by atoms with E-state index in [1.54, 1.807) is 7.11 Å². The highest BCUT2D eigenvalue weighted by molar-refractivity contribution is 6.32. The van der Waals surface area contributed by atoms with E-state index in [2.05, 4.69) is 19.2 Å². The van der Waals surface area contributed by atoms with Crippen molar-refractivity contribution in [3.63, 3.8) is 0 Å². The summed E-state index contributed by atoms with van der Waals surface area (Å²) in [6.45, 7) is 5.47. The molecular weight excluding hydrogens is 222 g/mol. The molecule has 0 aliphatic heterocycles. The summed E-state index contributed by atoms with van der Waals surface area (Å²) in [4.78, 5) is 0. The first-order valence-electron chi connectivity index (χ1n) is 5.71. The van der Waals surface area contributed by atoms with Crippen LogP contribution in [0.25, 0.3) is 0 Å². The number of rotatable bonds is 6. The Hall–Kier alpha value is -0.890. The van der Waals surface area contributed by atoms with E-state index in [-0.39, 0.29) is 0 Å². The van der Waals surface area contributed by atoms with Crippen LogP contribution in [0.5, 0.6) is 5.75 Å². The molecule has 0 saturated carbocycles. The van der Waals surface area contributed by atoms with Gasteiger partial charge in [-0.2, -0.15) is 0 Å². The van der Waals surface area contributed by atoms with E-state index in [0.717, 1.165) is 23.9 Å². The molecule has 0 radical (unpaired) electrons. The van der Waals surface area contributed by atoms with Crippen molar-refractivity contribution in [3.8, 4) is 5.75 Å². The van der Waals surface area contributed by atoms with E-state index in [1.165, 1.54) is 12.8 Å². The third kappa shape index (κ3) is 4.31. The van der Waals surface area contributed by atoms with Crippen molar-refractivity contribution < 1.29 is 4.74 Å². The van der Waals surface area contributed by atoms with Crippen molar-refractivity contribution in [1.82, 2.24) is 0 Å². The summed E-state index contributed by atoms with van der Waals surface area (Å²) in [5.74, 6) is 1.48. The number of methoxy groups -OCH3 is 1. The van der Waals surface area contributed by atoms with Gasteiger partial charge in [0.15, 0.2) is 0 Å². The highest BCUT2D eigenvalue weighted by atomic mass is 35.5. The molecule has 0 atom stereocenters. The molecule has 0 fully saturated rings. The largest absolute Gasteiger partial charge is 0.495 e. The third-order valence-electron chi connectivity index (χ3n) is 2.44. The molecule has 0 spiro atoms. The van der Waals surface area contributed by atoms with Crippen molar-refractivity contribution in [1.29, 1.82) is 0 Å². The molecule has 1 aromatic carbocycles. The molecule has 2 nitrogen and oxygen atoms in total. The fraction of sp³-hybridized carbons (Fsp3) is 0.538. The van der Waals surface area contributed by atoms with Crippen LogP contribution in [-0.2, 0) is 0 Å². The predicted molar refractivity (Wildman–Crippen MR) is 70.6 cm³/mol. The van der Waals surface area contributed by atoms with Crippen LogP contribution < -0.4 is 10.1 Å². The Labute approximate surface area is 103 Å². The van der Waals surface area contributed by atoms with E-state index in [0.29, 0.717) is 5.02 Å². The molecule has 1 rings (SSSR count). The van der Waals surface area contributed by atoms with Gasteiger partial charge in [0, 0.05) is 12.2 Å². The molecular formula is C13H20ClNO. The van der Waals surface area contributed by atoms with Gasteiger partial charge in [-0.05, 0) is 37.0 Å². The first-order chi connectivity index (χ1) is 7.63. The van der Waals surface area contributed by atoms with Gasteiger partial charge < -0.3 is 10.1 Å². The van der Waals surface area contributed by atoms with Crippen LogP contribution in [-0.4, -0.2) is 13.7 Å². The van der Waals surface area contributed by atoms with Crippen molar-refractivity contribution in [3.05, 3.63) is 23.2 Å². The Bertz CT molecular complexity index is 326. The lowest BCUT2D eigenvalue weighted by atomic mass is 10.1. The molecule has 0 aromatic heterocycles. The fourth-order valence-corrected chi connectivity index (χ4v) is 1.78. The smallest absolute Gasteiger partial charge is 0.137 e. The number of hydrogen-bond donors (Lipinski definition) is 1. The maximum Gasteiger partial charge on any atom is 0.137 e. The number of benzene rings is 1. The molecule has 0 bridgehead atoms. The average Bonchev–Trinajstić information content (AvgIpc) is 2.24. The zero-order valence-electron chi connectivity index (χ0n) is 10.2. The normalized spacial score (nSPS) is 10.6. The summed E-state index contributed by atoms with van der Waals surface area (Å²) in [7, 11) is 1.62. The van der Waals surface area contributed by atoms with Crippen LogP contribution in [0.15, 0.2) is 18.2 Å². The first kappa shape index (κ1) is 13.2. The van der Waals surface area contributed by atoms with Gasteiger partial charge in [0.05, 0.1) is 12.1 Å². The Kier molecular flexibility index (Phi) is 5.47. The standard InChI is InChI=1S/C13H20ClNO/c1-10(2)5-4-8-15-11-6-7-13(16-3)12(14)9-11/h6-7,9-10,15H,4-5,8H2,1-3H3. The van der Waals surface area contributed by atoms with Crippen LogP contribution in [0.2, 0.25) is 5.02 Å². The molecule has 0 aliphatic carbocycles. The molecule has 90 valence electrons. The second-order valence-electron chi connectivity index (χ2n) is 4.31. The van der Waals surface area contributed by atoms with Gasteiger partial charge in [-0.1, -0.05) is 25.4 Å². The number of nitrogens with one attached hydrogen (secondary N) is 1. The molecule has 0 saturated heterocycles. The summed E-state index contributed by atoms with van der Waals surface area (Å²) in [5.41, 5.74) is 1.05. The monoisotopic (exact) mass is 241 g/mol. The molecule has 3 heteroatoms. The molecule has 0 heterocycles. The van der Waals surface area contributed by atoms with Crippen molar-refractivity contribution in [2.24, 2.45) is 5.92 Å². The first-order valence-corrected chi connectivity index (χ1v) is 6.08. The SMILES string of the molecule is COc1ccc(NCCCC(C)C)cc1Cl. The average molecular weight is 242 g/mol. The molecule has 16 heavy (non-hydrogen) atoms. The molecule has 0 aliphatic rings. The van der Waals surface area contributed by atoms with Crippen LogP contribution in [0.1, 0.15) is 26.7 Å². The van der Waals surface area contributed by atoms with E-state index in [9.17, 15) is 0 Å². The lowest BCUT2D eigenvalue weighted by molar-refractivity contribution is 0.415. The lowest BCUT2D eigenvalue weighted by Gasteiger charge is -2.09. The summed E-state index contributed by atoms with van der Waals surface area (Å²) < 4.78 is 5.10. The van der Waals surface area contributed by atoms with Crippen molar-refractivity contribution in [2.45, 2.75) is 26.7 Å². The molecule has 1 aromatic rings. The highest BCUT2D eigenvalue weighted by Gasteiger charge is 2.01. The van der Waals surface area contributed by atoms with Crippen molar-refractivity contribution in [2.75, 3.05) is 19.0 Å². The predicted octanol–water partition coefficient (Wildman–Crippen LogP) is 4.20. The Morgan fingerprint density at radius 2 is 2.12 bits per heavy atom. The highest BCUT2D eigenvalue weighted by Crippen LogP contribution is 2.27. The van der Waals surface area contributed by atoms with E-state index in [4.69, 9.17) is 16.3 Å². The van der Waals surface area contributed by atoms with Crippen molar-refractivity contribution >= 4 is 17.3 Å². The quantitative estimate of drug-likeness (QED) is 0.754. The second kappa shape index (κ2) is 6.64. The third-order valence-corrected chi connectivity index (χ3v) is 2.73.